The van der Waals surface area contributed by atoms with Crippen LogP contribution in [0.15, 0.2) is 18.2 Å². The van der Waals surface area contributed by atoms with Crippen molar-refractivity contribution in [1.29, 1.82) is 0 Å². The van der Waals surface area contributed by atoms with Gasteiger partial charge in [-0.1, -0.05) is 43.9 Å². The average molecular weight is 284 g/mol. The van der Waals surface area contributed by atoms with Gasteiger partial charge in [0.1, 0.15) is 12.4 Å². The van der Waals surface area contributed by atoms with Crippen molar-refractivity contribution in [3.8, 4) is 5.75 Å². The Morgan fingerprint density at radius 2 is 2.11 bits per heavy atom. The van der Waals surface area contributed by atoms with Crippen molar-refractivity contribution in [2.45, 2.75) is 52.5 Å². The fraction of sp³-hybridized carbons (Fsp3) is 0.625. The summed E-state index contributed by atoms with van der Waals surface area (Å²) in [6, 6.07) is 6.41. The summed E-state index contributed by atoms with van der Waals surface area (Å²) in [6.45, 7) is 8.02. The molecule has 0 heterocycles. The van der Waals surface area contributed by atoms with Gasteiger partial charge in [0, 0.05) is 12.6 Å². The van der Waals surface area contributed by atoms with Gasteiger partial charge in [-0.15, -0.1) is 0 Å². The molecule has 1 N–H and O–H groups in total. The quantitative estimate of drug-likeness (QED) is 0.670. The van der Waals surface area contributed by atoms with E-state index in [4.69, 9.17) is 16.3 Å². The highest BCUT2D eigenvalue weighted by molar-refractivity contribution is 6.32. The van der Waals surface area contributed by atoms with Crippen molar-refractivity contribution in [1.82, 2.24) is 5.32 Å². The monoisotopic (exact) mass is 283 g/mol. The van der Waals surface area contributed by atoms with Crippen LogP contribution in [0.1, 0.15) is 45.1 Å². The summed E-state index contributed by atoms with van der Waals surface area (Å²) >= 11 is 6.08. The number of ether oxygens (including phenoxy) is 1. The second-order valence-corrected chi connectivity index (χ2v) is 5.54. The molecule has 1 rings (SSSR count). The highest BCUT2D eigenvalue weighted by Gasteiger charge is 2.03. The van der Waals surface area contributed by atoms with Crippen LogP contribution in [0.3, 0.4) is 0 Å². The molecule has 0 saturated heterocycles. The number of hydrogen-bond acceptors (Lipinski definition) is 2. The lowest BCUT2D eigenvalue weighted by molar-refractivity contribution is 0.304. The third-order valence-electron chi connectivity index (χ3n) is 3.18. The number of hydrogen-bond donors (Lipinski definition) is 1. The van der Waals surface area contributed by atoms with Gasteiger partial charge >= 0.3 is 0 Å². The molecule has 0 aliphatic carbocycles. The summed E-state index contributed by atoms with van der Waals surface area (Å²) in [5, 5.41) is 4.16. The highest BCUT2D eigenvalue weighted by atomic mass is 35.5. The van der Waals surface area contributed by atoms with E-state index in [9.17, 15) is 0 Å². The Hall–Kier alpha value is -0.730. The normalized spacial score (nSPS) is 12.4. The Kier molecular flexibility index (Phi) is 7.92. The minimum Gasteiger partial charge on any atom is -0.491 e. The van der Waals surface area contributed by atoms with Crippen molar-refractivity contribution >= 4 is 11.6 Å². The Labute approximate surface area is 122 Å². The number of nitrogens with one attached hydrogen (secondary N) is 1. The van der Waals surface area contributed by atoms with Crippen LogP contribution in [-0.4, -0.2) is 19.2 Å². The van der Waals surface area contributed by atoms with E-state index in [1.807, 2.05) is 25.1 Å². The Morgan fingerprint density at radius 1 is 1.32 bits per heavy atom. The number of benzene rings is 1. The van der Waals surface area contributed by atoms with Crippen LogP contribution in [0.4, 0.5) is 0 Å². The molecule has 1 aromatic carbocycles. The molecule has 0 radical (unpaired) electrons. The van der Waals surface area contributed by atoms with Crippen LogP contribution < -0.4 is 10.1 Å². The van der Waals surface area contributed by atoms with Gasteiger partial charge in [-0.3, -0.25) is 0 Å². The molecule has 1 aromatic rings. The molecule has 0 aliphatic rings. The molecule has 0 amide bonds. The first kappa shape index (κ1) is 16.3. The average Bonchev–Trinajstić information content (AvgIpc) is 2.39. The summed E-state index contributed by atoms with van der Waals surface area (Å²) in [7, 11) is 0. The fourth-order valence-corrected chi connectivity index (χ4v) is 2.16. The molecule has 0 spiro atoms. The zero-order valence-electron chi connectivity index (χ0n) is 12.3. The van der Waals surface area contributed by atoms with Crippen LogP contribution in [0.5, 0.6) is 5.75 Å². The molecule has 0 saturated carbocycles. The molecule has 19 heavy (non-hydrogen) atoms. The van der Waals surface area contributed by atoms with Gasteiger partial charge in [0.2, 0.25) is 0 Å². The minimum atomic E-state index is 0.558. The van der Waals surface area contributed by atoms with Crippen LogP contribution in [0.25, 0.3) is 0 Å². The Morgan fingerprint density at radius 3 is 2.84 bits per heavy atom. The van der Waals surface area contributed by atoms with E-state index < -0.39 is 0 Å². The first-order chi connectivity index (χ1) is 9.13. The maximum Gasteiger partial charge on any atom is 0.138 e. The van der Waals surface area contributed by atoms with E-state index >= 15 is 0 Å². The van der Waals surface area contributed by atoms with Gasteiger partial charge in [0.25, 0.3) is 0 Å². The predicted molar refractivity (Wildman–Crippen MR) is 83.3 cm³/mol. The zero-order valence-corrected chi connectivity index (χ0v) is 13.1. The molecule has 3 heteroatoms. The van der Waals surface area contributed by atoms with E-state index in [2.05, 4.69) is 19.2 Å². The summed E-state index contributed by atoms with van der Waals surface area (Å²) in [6.07, 6.45) is 5.14. The SMILES string of the molecule is CCCCCC(C)NCCOc1cc(C)ccc1Cl. The van der Waals surface area contributed by atoms with Crippen molar-refractivity contribution in [2.24, 2.45) is 0 Å². The van der Waals surface area contributed by atoms with Crippen LogP contribution in [-0.2, 0) is 0 Å². The molecular weight excluding hydrogens is 258 g/mol. The van der Waals surface area contributed by atoms with Gasteiger partial charge in [-0.2, -0.15) is 0 Å². The third kappa shape index (κ3) is 6.84. The number of rotatable bonds is 9. The van der Waals surface area contributed by atoms with Crippen LogP contribution in [0, 0.1) is 6.92 Å². The summed E-state index contributed by atoms with van der Waals surface area (Å²) in [5.41, 5.74) is 1.17. The fourth-order valence-electron chi connectivity index (χ4n) is 1.99. The van der Waals surface area contributed by atoms with Gasteiger partial charge in [0.15, 0.2) is 0 Å². The first-order valence-corrected chi connectivity index (χ1v) is 7.63. The Bertz CT molecular complexity index is 368. The van der Waals surface area contributed by atoms with Crippen molar-refractivity contribution in [3.05, 3.63) is 28.8 Å². The summed E-state index contributed by atoms with van der Waals surface area (Å²) in [5.74, 6) is 0.780. The standard InChI is InChI=1S/C16H26ClNO/c1-4-5-6-7-14(3)18-10-11-19-16-12-13(2)8-9-15(16)17/h8-9,12,14,18H,4-7,10-11H2,1-3H3. The number of aryl methyl sites for hydroxylation is 1. The lowest BCUT2D eigenvalue weighted by Crippen LogP contribution is -2.30. The largest absolute Gasteiger partial charge is 0.491 e. The molecule has 2 nitrogen and oxygen atoms in total. The van der Waals surface area contributed by atoms with E-state index in [0.29, 0.717) is 17.7 Å². The van der Waals surface area contributed by atoms with E-state index in [1.165, 1.54) is 31.2 Å². The topological polar surface area (TPSA) is 21.3 Å². The maximum atomic E-state index is 6.08. The molecule has 1 atom stereocenters. The molecular formula is C16H26ClNO. The zero-order chi connectivity index (χ0) is 14.1. The van der Waals surface area contributed by atoms with Crippen molar-refractivity contribution in [3.63, 3.8) is 0 Å². The van der Waals surface area contributed by atoms with Gasteiger partial charge in [0.05, 0.1) is 5.02 Å². The summed E-state index contributed by atoms with van der Waals surface area (Å²) < 4.78 is 5.70. The lowest BCUT2D eigenvalue weighted by Gasteiger charge is -2.14. The smallest absolute Gasteiger partial charge is 0.138 e. The second-order valence-electron chi connectivity index (χ2n) is 5.13. The van der Waals surface area contributed by atoms with E-state index in [-0.39, 0.29) is 0 Å². The molecule has 0 aliphatic heterocycles. The lowest BCUT2D eigenvalue weighted by atomic mass is 10.1. The predicted octanol–water partition coefficient (Wildman–Crippen LogP) is 4.59. The second kappa shape index (κ2) is 9.22. The van der Waals surface area contributed by atoms with Gasteiger partial charge < -0.3 is 10.1 Å². The highest BCUT2D eigenvalue weighted by Crippen LogP contribution is 2.24. The van der Waals surface area contributed by atoms with Crippen LogP contribution >= 0.6 is 11.6 Å². The number of unbranched alkanes of at least 4 members (excludes halogenated alkanes) is 2. The molecule has 0 aromatic heterocycles. The molecule has 108 valence electrons. The molecule has 1 unspecified atom stereocenters. The molecule has 0 bridgehead atoms. The minimum absolute atomic E-state index is 0.558. The Balaban J connectivity index is 2.18. The van der Waals surface area contributed by atoms with Gasteiger partial charge in [-0.05, 0) is 38.0 Å². The van der Waals surface area contributed by atoms with Gasteiger partial charge in [-0.25, -0.2) is 0 Å². The third-order valence-corrected chi connectivity index (χ3v) is 3.49. The number of halogens is 1. The van der Waals surface area contributed by atoms with E-state index in [1.54, 1.807) is 0 Å². The van der Waals surface area contributed by atoms with Crippen LogP contribution in [0.2, 0.25) is 5.02 Å². The maximum absolute atomic E-state index is 6.08. The molecule has 0 fully saturated rings. The van der Waals surface area contributed by atoms with E-state index in [0.717, 1.165) is 12.3 Å². The van der Waals surface area contributed by atoms with Crippen molar-refractivity contribution in [2.75, 3.05) is 13.2 Å². The van der Waals surface area contributed by atoms with Crippen molar-refractivity contribution < 1.29 is 4.74 Å². The summed E-state index contributed by atoms with van der Waals surface area (Å²) in [4.78, 5) is 0. The first-order valence-electron chi connectivity index (χ1n) is 7.25.